The molecule has 1 saturated heterocycles. The minimum Gasteiger partial charge on any atom is -0.356 e. The monoisotopic (exact) mass is 281 g/mol. The molecule has 0 amide bonds. The molecule has 2 rings (SSSR count). The number of aromatic nitrogens is 1. The molecule has 0 saturated carbocycles. The van der Waals surface area contributed by atoms with Gasteiger partial charge in [0, 0.05) is 24.4 Å². The number of rotatable bonds is 4. The van der Waals surface area contributed by atoms with Crippen molar-refractivity contribution < 1.29 is 4.92 Å². The van der Waals surface area contributed by atoms with Crippen LogP contribution in [0.5, 0.6) is 0 Å². The largest absolute Gasteiger partial charge is 0.356 e. The van der Waals surface area contributed by atoms with Crippen molar-refractivity contribution in [3.05, 3.63) is 28.4 Å². The van der Waals surface area contributed by atoms with Crippen LogP contribution in [0.4, 0.5) is 11.5 Å². The molecule has 1 atom stereocenters. The highest BCUT2D eigenvalue weighted by atomic mass is 32.2. The first-order valence-electron chi connectivity index (χ1n) is 6.67. The van der Waals surface area contributed by atoms with Gasteiger partial charge in [-0.05, 0) is 24.7 Å². The molecular formula is C13H19N3O2S. The highest BCUT2D eigenvalue weighted by Gasteiger charge is 2.19. The second-order valence-electron chi connectivity index (χ2n) is 4.65. The normalized spacial score (nSPS) is 20.1. The zero-order chi connectivity index (χ0) is 13.7. The van der Waals surface area contributed by atoms with Crippen LogP contribution in [0.25, 0.3) is 0 Å². The van der Waals surface area contributed by atoms with Gasteiger partial charge in [0.05, 0.1) is 4.92 Å². The molecule has 2 heterocycles. The SMILES string of the molecule is CCSC1CCCCN(c2ccc([N+](=O)[O-])cn2)C1. The molecule has 19 heavy (non-hydrogen) atoms. The van der Waals surface area contributed by atoms with Gasteiger partial charge in [-0.2, -0.15) is 11.8 Å². The third kappa shape index (κ3) is 3.83. The zero-order valence-corrected chi connectivity index (χ0v) is 11.9. The molecule has 5 nitrogen and oxygen atoms in total. The van der Waals surface area contributed by atoms with Gasteiger partial charge in [0.25, 0.3) is 5.69 Å². The third-order valence-corrected chi connectivity index (χ3v) is 4.49. The summed E-state index contributed by atoms with van der Waals surface area (Å²) in [6.07, 6.45) is 5.02. The van der Waals surface area contributed by atoms with Gasteiger partial charge in [-0.3, -0.25) is 10.1 Å². The van der Waals surface area contributed by atoms with Crippen LogP contribution in [-0.2, 0) is 0 Å². The summed E-state index contributed by atoms with van der Waals surface area (Å²) in [4.78, 5) is 16.7. The molecule has 1 aromatic heterocycles. The Bertz CT molecular complexity index is 424. The fraction of sp³-hybridized carbons (Fsp3) is 0.615. The second-order valence-corrected chi connectivity index (χ2v) is 6.23. The summed E-state index contributed by atoms with van der Waals surface area (Å²) >= 11 is 1.99. The van der Waals surface area contributed by atoms with Gasteiger partial charge in [-0.25, -0.2) is 4.98 Å². The molecule has 1 fully saturated rings. The molecule has 6 heteroatoms. The Kier molecular flexibility index (Phi) is 5.01. The maximum absolute atomic E-state index is 10.6. The van der Waals surface area contributed by atoms with Crippen LogP contribution in [0.3, 0.4) is 0 Å². The lowest BCUT2D eigenvalue weighted by Gasteiger charge is -2.24. The highest BCUT2D eigenvalue weighted by Crippen LogP contribution is 2.25. The number of hydrogen-bond acceptors (Lipinski definition) is 5. The van der Waals surface area contributed by atoms with Crippen LogP contribution < -0.4 is 4.90 Å². The molecule has 0 aliphatic carbocycles. The van der Waals surface area contributed by atoms with Gasteiger partial charge in [-0.15, -0.1) is 0 Å². The average molecular weight is 281 g/mol. The summed E-state index contributed by atoms with van der Waals surface area (Å²) in [7, 11) is 0. The molecule has 104 valence electrons. The Balaban J connectivity index is 2.08. The maximum Gasteiger partial charge on any atom is 0.287 e. The fourth-order valence-corrected chi connectivity index (χ4v) is 3.45. The van der Waals surface area contributed by atoms with E-state index in [1.54, 1.807) is 6.07 Å². The van der Waals surface area contributed by atoms with Crippen molar-refractivity contribution in [2.45, 2.75) is 31.4 Å². The van der Waals surface area contributed by atoms with Crippen molar-refractivity contribution in [3.63, 3.8) is 0 Å². The average Bonchev–Trinajstić information content (AvgIpc) is 2.65. The van der Waals surface area contributed by atoms with Crippen molar-refractivity contribution in [2.24, 2.45) is 0 Å². The molecular weight excluding hydrogens is 262 g/mol. The molecule has 1 aliphatic rings. The van der Waals surface area contributed by atoms with Gasteiger partial charge in [0.2, 0.25) is 0 Å². The second kappa shape index (κ2) is 6.75. The van der Waals surface area contributed by atoms with Crippen molar-refractivity contribution >= 4 is 23.3 Å². The predicted octanol–water partition coefficient (Wildman–Crippen LogP) is 3.10. The van der Waals surface area contributed by atoms with Crippen LogP contribution in [0.1, 0.15) is 26.2 Å². The van der Waals surface area contributed by atoms with Crippen LogP contribution in [0.2, 0.25) is 0 Å². The van der Waals surface area contributed by atoms with E-state index >= 15 is 0 Å². The highest BCUT2D eigenvalue weighted by molar-refractivity contribution is 7.99. The van der Waals surface area contributed by atoms with Crippen LogP contribution in [0, 0.1) is 10.1 Å². The van der Waals surface area contributed by atoms with E-state index in [4.69, 9.17) is 0 Å². The minimum absolute atomic E-state index is 0.0538. The smallest absolute Gasteiger partial charge is 0.287 e. The van der Waals surface area contributed by atoms with E-state index in [0.717, 1.165) is 24.7 Å². The molecule has 1 aliphatic heterocycles. The number of anilines is 1. The molecule has 1 unspecified atom stereocenters. The number of nitro groups is 1. The lowest BCUT2D eigenvalue weighted by molar-refractivity contribution is -0.385. The van der Waals surface area contributed by atoms with Crippen LogP contribution in [0.15, 0.2) is 18.3 Å². The molecule has 0 spiro atoms. The number of thioether (sulfide) groups is 1. The van der Waals surface area contributed by atoms with Crippen molar-refractivity contribution in [3.8, 4) is 0 Å². The van der Waals surface area contributed by atoms with Crippen molar-refractivity contribution in [1.29, 1.82) is 0 Å². The first kappa shape index (κ1) is 14.1. The van der Waals surface area contributed by atoms with Gasteiger partial charge in [-0.1, -0.05) is 13.3 Å². The van der Waals surface area contributed by atoms with E-state index in [0.29, 0.717) is 5.25 Å². The summed E-state index contributed by atoms with van der Waals surface area (Å²) in [5.41, 5.74) is 0.0538. The zero-order valence-electron chi connectivity index (χ0n) is 11.1. The summed E-state index contributed by atoms with van der Waals surface area (Å²) in [6, 6.07) is 3.30. The van der Waals surface area contributed by atoms with E-state index in [1.807, 2.05) is 11.8 Å². The quantitative estimate of drug-likeness (QED) is 0.627. The summed E-state index contributed by atoms with van der Waals surface area (Å²) < 4.78 is 0. The number of nitrogens with zero attached hydrogens (tertiary/aromatic N) is 3. The van der Waals surface area contributed by atoms with Gasteiger partial charge in [0.15, 0.2) is 0 Å². The molecule has 0 N–H and O–H groups in total. The predicted molar refractivity (Wildman–Crippen MR) is 78.9 cm³/mol. The standard InChI is InChI=1S/C13H19N3O2S/c1-2-19-12-5-3-4-8-15(10-12)13-7-6-11(9-14-13)16(17)18/h6-7,9,12H,2-5,8,10H2,1H3. The lowest BCUT2D eigenvalue weighted by Crippen LogP contribution is -2.30. The molecule has 0 radical (unpaired) electrons. The van der Waals surface area contributed by atoms with E-state index < -0.39 is 4.92 Å². The summed E-state index contributed by atoms with van der Waals surface area (Å²) in [5.74, 6) is 1.99. The van der Waals surface area contributed by atoms with E-state index in [1.165, 1.54) is 31.5 Å². The van der Waals surface area contributed by atoms with Gasteiger partial charge in [0.1, 0.15) is 12.0 Å². The van der Waals surface area contributed by atoms with Gasteiger partial charge >= 0.3 is 0 Å². The maximum atomic E-state index is 10.6. The number of hydrogen-bond donors (Lipinski definition) is 0. The first-order chi connectivity index (χ1) is 9.20. The van der Waals surface area contributed by atoms with E-state index in [-0.39, 0.29) is 5.69 Å². The Morgan fingerprint density at radius 2 is 2.37 bits per heavy atom. The van der Waals surface area contributed by atoms with Crippen molar-refractivity contribution in [1.82, 2.24) is 4.98 Å². The topological polar surface area (TPSA) is 59.3 Å². The van der Waals surface area contributed by atoms with Crippen LogP contribution in [-0.4, -0.2) is 34.0 Å². The summed E-state index contributed by atoms with van der Waals surface area (Å²) in [5, 5.41) is 11.3. The first-order valence-corrected chi connectivity index (χ1v) is 7.72. The lowest BCUT2D eigenvalue weighted by atomic mass is 10.2. The number of pyridine rings is 1. The molecule has 0 aromatic carbocycles. The van der Waals surface area contributed by atoms with Gasteiger partial charge < -0.3 is 4.90 Å². The summed E-state index contributed by atoms with van der Waals surface area (Å²) in [6.45, 7) is 4.17. The van der Waals surface area contributed by atoms with Crippen molar-refractivity contribution in [2.75, 3.05) is 23.7 Å². The Labute approximate surface area is 117 Å². The Morgan fingerprint density at radius 1 is 1.53 bits per heavy atom. The van der Waals surface area contributed by atoms with E-state index in [2.05, 4.69) is 16.8 Å². The molecule has 1 aromatic rings. The van der Waals surface area contributed by atoms with E-state index in [9.17, 15) is 10.1 Å². The fourth-order valence-electron chi connectivity index (χ4n) is 2.36. The Hall–Kier alpha value is -1.30. The minimum atomic E-state index is -0.408. The molecule has 0 bridgehead atoms. The third-order valence-electron chi connectivity index (χ3n) is 3.30. The van der Waals surface area contributed by atoms with Crippen LogP contribution >= 0.6 is 11.8 Å². The Morgan fingerprint density at radius 3 is 3.00 bits per heavy atom.